The van der Waals surface area contributed by atoms with Gasteiger partial charge < -0.3 is 19.5 Å². The van der Waals surface area contributed by atoms with Gasteiger partial charge in [0.2, 0.25) is 0 Å². The van der Waals surface area contributed by atoms with Crippen LogP contribution in [0, 0.1) is 5.82 Å². The van der Waals surface area contributed by atoms with Crippen LogP contribution in [0.3, 0.4) is 0 Å². The Morgan fingerprint density at radius 1 is 1.12 bits per heavy atom. The molecule has 2 aromatic rings. The van der Waals surface area contributed by atoms with E-state index in [1.807, 2.05) is 0 Å². The third-order valence-corrected chi connectivity index (χ3v) is 6.02. The predicted molar refractivity (Wildman–Crippen MR) is 120 cm³/mol. The number of Topliss-reactive ketones (excluding diaryl/α,β-unsaturated/α-hetero) is 1. The fourth-order valence-corrected chi connectivity index (χ4v) is 4.35. The number of benzene rings is 2. The molecule has 2 aromatic carbocycles. The second kappa shape index (κ2) is 10.1. The molecule has 7 nitrogen and oxygen atoms in total. The molecule has 0 aromatic heterocycles. The lowest BCUT2D eigenvalue weighted by Gasteiger charge is -2.29. The molecule has 0 unspecified atom stereocenters. The van der Waals surface area contributed by atoms with Crippen molar-refractivity contribution in [3.63, 3.8) is 0 Å². The minimum absolute atomic E-state index is 0.0507. The molecule has 2 aliphatic heterocycles. The van der Waals surface area contributed by atoms with Crippen molar-refractivity contribution in [2.75, 3.05) is 46.5 Å². The van der Waals surface area contributed by atoms with Gasteiger partial charge in [0.1, 0.15) is 17.3 Å². The minimum Gasteiger partial charge on any atom is -0.507 e. The fourth-order valence-electron chi connectivity index (χ4n) is 4.35. The Balaban J connectivity index is 1.68. The zero-order valence-corrected chi connectivity index (χ0v) is 18.5. The van der Waals surface area contributed by atoms with Crippen molar-refractivity contribution < 1.29 is 28.6 Å². The molecule has 8 heteroatoms. The van der Waals surface area contributed by atoms with E-state index in [-0.39, 0.29) is 11.3 Å². The second-order valence-corrected chi connectivity index (χ2v) is 8.09. The number of halogens is 1. The number of rotatable bonds is 7. The number of morpholine rings is 1. The molecule has 0 spiro atoms. The largest absolute Gasteiger partial charge is 0.507 e. The highest BCUT2D eigenvalue weighted by atomic mass is 19.1. The van der Waals surface area contributed by atoms with E-state index in [2.05, 4.69) is 4.90 Å². The normalized spacial score (nSPS) is 20.9. The van der Waals surface area contributed by atoms with Crippen molar-refractivity contribution >= 4 is 17.4 Å². The van der Waals surface area contributed by atoms with Crippen LogP contribution in [0.25, 0.3) is 5.76 Å². The molecule has 2 aliphatic rings. The van der Waals surface area contributed by atoms with Crippen LogP contribution in [0.4, 0.5) is 4.39 Å². The van der Waals surface area contributed by atoms with Crippen LogP contribution < -0.4 is 4.74 Å². The van der Waals surface area contributed by atoms with Crippen molar-refractivity contribution in [2.45, 2.75) is 12.5 Å². The second-order valence-electron chi connectivity index (χ2n) is 8.09. The summed E-state index contributed by atoms with van der Waals surface area (Å²) in [4.78, 5) is 29.7. The number of ether oxygens (including phenoxy) is 2. The highest BCUT2D eigenvalue weighted by molar-refractivity contribution is 6.46. The number of aliphatic hydroxyl groups excluding tert-OH is 1. The summed E-state index contributed by atoms with van der Waals surface area (Å²) in [6, 6.07) is 11.5. The number of likely N-dealkylation sites (tertiary alicyclic amines) is 1. The van der Waals surface area contributed by atoms with E-state index in [0.717, 1.165) is 19.6 Å². The summed E-state index contributed by atoms with van der Waals surface area (Å²) in [5, 5.41) is 11.1. The van der Waals surface area contributed by atoms with Crippen molar-refractivity contribution in [3.05, 3.63) is 71.0 Å². The molecule has 0 radical (unpaired) electrons. The van der Waals surface area contributed by atoms with Gasteiger partial charge in [0, 0.05) is 31.7 Å². The molecule has 2 fully saturated rings. The molecule has 0 bridgehead atoms. The van der Waals surface area contributed by atoms with Gasteiger partial charge >= 0.3 is 0 Å². The molecule has 0 saturated carbocycles. The van der Waals surface area contributed by atoms with Crippen molar-refractivity contribution in [3.8, 4) is 5.75 Å². The number of aliphatic hydroxyl groups is 1. The van der Waals surface area contributed by atoms with E-state index in [1.165, 1.54) is 30.2 Å². The Bertz CT molecular complexity index is 1060. The molecule has 1 amide bonds. The number of ketones is 1. The van der Waals surface area contributed by atoms with Crippen molar-refractivity contribution in [2.24, 2.45) is 0 Å². The third kappa shape index (κ3) is 4.91. The van der Waals surface area contributed by atoms with Gasteiger partial charge in [-0.15, -0.1) is 0 Å². The number of methoxy groups -OCH3 is 1. The molecule has 1 N–H and O–H groups in total. The number of hydrogen-bond donors (Lipinski definition) is 1. The molecule has 174 valence electrons. The lowest BCUT2D eigenvalue weighted by atomic mass is 9.95. The SMILES string of the molecule is COc1cccc(C(O)=C2C(=O)C(=O)N(CCCN3CCOCC3)[C@H]2c2cccc(F)c2)c1. The number of nitrogens with zero attached hydrogens (tertiary/aromatic N) is 2. The zero-order valence-electron chi connectivity index (χ0n) is 18.5. The van der Waals surface area contributed by atoms with E-state index in [4.69, 9.17) is 9.47 Å². The number of carbonyl (C=O) groups excluding carboxylic acids is 2. The maximum absolute atomic E-state index is 14.1. The van der Waals surface area contributed by atoms with Gasteiger partial charge in [0.15, 0.2) is 0 Å². The van der Waals surface area contributed by atoms with Crippen molar-refractivity contribution in [1.29, 1.82) is 0 Å². The van der Waals surface area contributed by atoms with Crippen LogP contribution in [0.5, 0.6) is 5.75 Å². The Morgan fingerprint density at radius 3 is 2.61 bits per heavy atom. The Morgan fingerprint density at radius 2 is 1.88 bits per heavy atom. The minimum atomic E-state index is -0.878. The van der Waals surface area contributed by atoms with E-state index < -0.39 is 23.5 Å². The molecule has 33 heavy (non-hydrogen) atoms. The Hall–Kier alpha value is -3.23. The first-order chi connectivity index (χ1) is 16.0. The molecule has 4 rings (SSSR count). The summed E-state index contributed by atoms with van der Waals surface area (Å²) in [5.41, 5.74) is 0.734. The molecular formula is C25H27FN2O5. The molecular weight excluding hydrogens is 427 g/mol. The van der Waals surface area contributed by atoms with Gasteiger partial charge in [-0.1, -0.05) is 24.3 Å². The van der Waals surface area contributed by atoms with Gasteiger partial charge in [-0.2, -0.15) is 0 Å². The molecule has 2 saturated heterocycles. The summed E-state index contributed by atoms with van der Waals surface area (Å²) in [6.45, 7) is 4.04. The lowest BCUT2D eigenvalue weighted by Crippen LogP contribution is -2.39. The van der Waals surface area contributed by atoms with Gasteiger partial charge in [0.25, 0.3) is 11.7 Å². The zero-order chi connectivity index (χ0) is 23.4. The monoisotopic (exact) mass is 454 g/mol. The van der Waals surface area contributed by atoms with Crippen LogP contribution in [0.1, 0.15) is 23.6 Å². The number of hydrogen-bond acceptors (Lipinski definition) is 6. The van der Waals surface area contributed by atoms with E-state index >= 15 is 0 Å². The standard InChI is InChI=1S/C25H27FN2O5/c1-32-20-8-3-6-18(16-20)23(29)21-22(17-5-2-7-19(26)15-17)28(25(31)24(21)30)10-4-9-27-11-13-33-14-12-27/h2-3,5-8,15-16,22,29H,4,9-14H2,1H3/t22-/m0/s1. The maximum atomic E-state index is 14.1. The van der Waals surface area contributed by atoms with Crippen LogP contribution in [0.15, 0.2) is 54.1 Å². The van der Waals surface area contributed by atoms with Gasteiger partial charge in [-0.25, -0.2) is 4.39 Å². The van der Waals surface area contributed by atoms with Gasteiger partial charge in [0.05, 0.1) is 31.9 Å². The molecule has 2 heterocycles. The van der Waals surface area contributed by atoms with Gasteiger partial charge in [-0.3, -0.25) is 14.5 Å². The van der Waals surface area contributed by atoms with Gasteiger partial charge in [-0.05, 0) is 36.2 Å². The first-order valence-corrected chi connectivity index (χ1v) is 11.0. The first kappa shape index (κ1) is 22.9. The van der Waals surface area contributed by atoms with Crippen LogP contribution in [0.2, 0.25) is 0 Å². The highest BCUT2D eigenvalue weighted by Gasteiger charge is 2.46. The quantitative estimate of drug-likeness (QED) is 0.394. The summed E-state index contributed by atoms with van der Waals surface area (Å²) in [6.07, 6.45) is 0.637. The predicted octanol–water partition coefficient (Wildman–Crippen LogP) is 2.98. The molecule has 1 atom stereocenters. The summed E-state index contributed by atoms with van der Waals surface area (Å²) in [5.74, 6) is -1.77. The molecule has 0 aliphatic carbocycles. The van der Waals surface area contributed by atoms with E-state index in [9.17, 15) is 19.1 Å². The Labute approximate surface area is 192 Å². The highest BCUT2D eigenvalue weighted by Crippen LogP contribution is 2.40. The van der Waals surface area contributed by atoms with Crippen LogP contribution in [-0.2, 0) is 14.3 Å². The Kier molecular flexibility index (Phi) is 7.05. The van der Waals surface area contributed by atoms with Crippen molar-refractivity contribution in [1.82, 2.24) is 9.80 Å². The number of amides is 1. The van der Waals surface area contributed by atoms with E-state index in [1.54, 1.807) is 30.3 Å². The maximum Gasteiger partial charge on any atom is 0.295 e. The van der Waals surface area contributed by atoms with Crippen LogP contribution >= 0.6 is 0 Å². The fraction of sp³-hybridized carbons (Fsp3) is 0.360. The van der Waals surface area contributed by atoms with Crippen LogP contribution in [-0.4, -0.2) is 73.1 Å². The average molecular weight is 454 g/mol. The summed E-state index contributed by atoms with van der Waals surface area (Å²) >= 11 is 0. The number of carbonyl (C=O) groups is 2. The summed E-state index contributed by atoms with van der Waals surface area (Å²) < 4.78 is 24.7. The smallest absolute Gasteiger partial charge is 0.295 e. The lowest BCUT2D eigenvalue weighted by molar-refractivity contribution is -0.140. The topological polar surface area (TPSA) is 79.3 Å². The summed E-state index contributed by atoms with van der Waals surface area (Å²) in [7, 11) is 1.50. The van der Waals surface area contributed by atoms with E-state index in [0.29, 0.717) is 43.1 Å². The third-order valence-electron chi connectivity index (χ3n) is 6.02. The first-order valence-electron chi connectivity index (χ1n) is 11.0. The average Bonchev–Trinajstić information content (AvgIpc) is 3.09.